The quantitative estimate of drug-likeness (QED) is 0.606. The van der Waals surface area contributed by atoms with Crippen molar-refractivity contribution in [3.8, 4) is 0 Å². The Morgan fingerprint density at radius 3 is 2.82 bits per heavy atom. The topological polar surface area (TPSA) is 21.3 Å². The Kier molecular flexibility index (Phi) is 6.97. The molecule has 17 heavy (non-hydrogen) atoms. The second kappa shape index (κ2) is 7.98. The van der Waals surface area contributed by atoms with Crippen molar-refractivity contribution in [1.82, 2.24) is 5.32 Å². The van der Waals surface area contributed by atoms with Gasteiger partial charge in [-0.2, -0.15) is 0 Å². The van der Waals surface area contributed by atoms with Gasteiger partial charge in [-0.05, 0) is 11.6 Å². The number of thioether (sulfide) groups is 1. The van der Waals surface area contributed by atoms with Gasteiger partial charge >= 0.3 is 0 Å². The molecule has 0 aliphatic rings. The summed E-state index contributed by atoms with van der Waals surface area (Å²) in [5.74, 6) is 0. The normalized spacial score (nSPS) is 11.1. The summed E-state index contributed by atoms with van der Waals surface area (Å²) in [4.78, 5) is 1.19. The molecule has 0 amide bonds. The molecule has 0 spiro atoms. The van der Waals surface area contributed by atoms with Crippen LogP contribution in [-0.2, 0) is 11.3 Å². The van der Waals surface area contributed by atoms with Crippen molar-refractivity contribution in [1.29, 1.82) is 0 Å². The number of hydrogen-bond acceptors (Lipinski definition) is 3. The second-order valence-electron chi connectivity index (χ2n) is 4.06. The van der Waals surface area contributed by atoms with Crippen LogP contribution in [0.5, 0.6) is 0 Å². The van der Waals surface area contributed by atoms with Gasteiger partial charge in [-0.25, -0.2) is 0 Å². The summed E-state index contributed by atoms with van der Waals surface area (Å²) in [5.41, 5.74) is 1.26. The summed E-state index contributed by atoms with van der Waals surface area (Å²) in [5, 5.41) is 4.72. The first-order valence-electron chi connectivity index (χ1n) is 5.79. The summed E-state index contributed by atoms with van der Waals surface area (Å²) in [6, 6.07) is 6.07. The molecule has 1 aromatic rings. The average molecular weight is 274 g/mol. The summed E-state index contributed by atoms with van der Waals surface area (Å²) in [6.07, 6.45) is 0. The highest BCUT2D eigenvalue weighted by Crippen LogP contribution is 2.33. The van der Waals surface area contributed by atoms with Crippen LogP contribution in [-0.4, -0.2) is 25.5 Å². The first-order valence-corrected chi connectivity index (χ1v) is 7.04. The van der Waals surface area contributed by atoms with E-state index in [0.717, 1.165) is 24.7 Å². The Hall–Kier alpha value is -0.220. The van der Waals surface area contributed by atoms with Gasteiger partial charge in [-0.3, -0.25) is 0 Å². The molecule has 0 saturated heterocycles. The number of ether oxygens (including phenoxy) is 1. The lowest BCUT2D eigenvalue weighted by Crippen LogP contribution is -2.19. The third kappa shape index (κ3) is 5.30. The Labute approximate surface area is 113 Å². The summed E-state index contributed by atoms with van der Waals surface area (Å²) in [6.45, 7) is 6.77. The van der Waals surface area contributed by atoms with E-state index in [1.165, 1.54) is 10.5 Å². The maximum Gasteiger partial charge on any atom is 0.0587 e. The van der Waals surface area contributed by atoms with Gasteiger partial charge in [-0.15, -0.1) is 11.8 Å². The average Bonchev–Trinajstić information content (AvgIpc) is 2.28. The maximum atomic E-state index is 6.24. The number of hydrogen-bond donors (Lipinski definition) is 1. The molecule has 0 aliphatic carbocycles. The van der Waals surface area contributed by atoms with Crippen LogP contribution in [0.4, 0.5) is 0 Å². The van der Waals surface area contributed by atoms with Gasteiger partial charge in [-0.1, -0.05) is 37.6 Å². The van der Waals surface area contributed by atoms with Gasteiger partial charge in [0, 0.05) is 30.3 Å². The van der Waals surface area contributed by atoms with Crippen LogP contribution in [0.25, 0.3) is 0 Å². The summed E-state index contributed by atoms with van der Waals surface area (Å²) in [7, 11) is 1.71. The highest BCUT2D eigenvalue weighted by atomic mass is 35.5. The predicted molar refractivity (Wildman–Crippen MR) is 76.0 cm³/mol. The van der Waals surface area contributed by atoms with E-state index in [9.17, 15) is 0 Å². The smallest absolute Gasteiger partial charge is 0.0587 e. The van der Waals surface area contributed by atoms with Crippen LogP contribution in [0.2, 0.25) is 5.02 Å². The largest absolute Gasteiger partial charge is 0.383 e. The van der Waals surface area contributed by atoms with Gasteiger partial charge in [0.15, 0.2) is 0 Å². The summed E-state index contributed by atoms with van der Waals surface area (Å²) < 4.78 is 5.00. The molecule has 1 N–H and O–H groups in total. The number of benzene rings is 1. The minimum atomic E-state index is 0.535. The first kappa shape index (κ1) is 14.8. The van der Waals surface area contributed by atoms with Crippen LogP contribution < -0.4 is 5.32 Å². The molecule has 0 aliphatic heterocycles. The van der Waals surface area contributed by atoms with Crippen molar-refractivity contribution in [2.45, 2.75) is 30.5 Å². The van der Waals surface area contributed by atoms with Gasteiger partial charge in [0.05, 0.1) is 11.6 Å². The molecule has 0 bridgehead atoms. The van der Waals surface area contributed by atoms with Crippen molar-refractivity contribution in [3.05, 3.63) is 28.8 Å². The molecule has 1 rings (SSSR count). The van der Waals surface area contributed by atoms with E-state index in [0.29, 0.717) is 5.25 Å². The summed E-state index contributed by atoms with van der Waals surface area (Å²) >= 11 is 8.05. The van der Waals surface area contributed by atoms with E-state index < -0.39 is 0 Å². The Balaban J connectivity index is 2.66. The molecule has 96 valence electrons. The van der Waals surface area contributed by atoms with Crippen molar-refractivity contribution in [2.75, 3.05) is 20.3 Å². The van der Waals surface area contributed by atoms with E-state index >= 15 is 0 Å². The van der Waals surface area contributed by atoms with Crippen LogP contribution in [0.15, 0.2) is 23.1 Å². The second-order valence-corrected chi connectivity index (χ2v) is 6.06. The Morgan fingerprint density at radius 2 is 2.18 bits per heavy atom. The van der Waals surface area contributed by atoms with Crippen LogP contribution >= 0.6 is 23.4 Å². The van der Waals surface area contributed by atoms with Gasteiger partial charge in [0.25, 0.3) is 0 Å². The lowest BCUT2D eigenvalue weighted by Gasteiger charge is -2.13. The molecule has 4 heteroatoms. The number of halogens is 1. The van der Waals surface area contributed by atoms with Crippen molar-refractivity contribution in [3.63, 3.8) is 0 Å². The molecular weight excluding hydrogens is 254 g/mol. The van der Waals surface area contributed by atoms with Crippen molar-refractivity contribution in [2.24, 2.45) is 0 Å². The fraction of sp³-hybridized carbons (Fsp3) is 0.538. The fourth-order valence-corrected chi connectivity index (χ4v) is 2.73. The van der Waals surface area contributed by atoms with E-state index in [1.54, 1.807) is 7.11 Å². The molecule has 2 nitrogen and oxygen atoms in total. The minimum absolute atomic E-state index is 0.535. The molecule has 0 heterocycles. The first-order chi connectivity index (χ1) is 8.15. The van der Waals surface area contributed by atoms with E-state index in [1.807, 2.05) is 23.9 Å². The predicted octanol–water partition coefficient (Wildman–Crippen LogP) is 3.58. The molecule has 0 aromatic heterocycles. The zero-order chi connectivity index (χ0) is 12.7. The van der Waals surface area contributed by atoms with E-state index in [-0.39, 0.29) is 0 Å². The van der Waals surface area contributed by atoms with Crippen molar-refractivity contribution < 1.29 is 4.74 Å². The SMILES string of the molecule is COCCNCc1cccc(Cl)c1SC(C)C. The number of nitrogens with one attached hydrogen (secondary N) is 1. The van der Waals surface area contributed by atoms with Crippen molar-refractivity contribution >= 4 is 23.4 Å². The lowest BCUT2D eigenvalue weighted by atomic mass is 10.2. The molecule has 0 saturated carbocycles. The zero-order valence-electron chi connectivity index (χ0n) is 10.6. The third-order valence-electron chi connectivity index (χ3n) is 2.20. The van der Waals surface area contributed by atoms with Gasteiger partial charge in [0.1, 0.15) is 0 Å². The maximum absolute atomic E-state index is 6.24. The lowest BCUT2D eigenvalue weighted by molar-refractivity contribution is 0.199. The highest BCUT2D eigenvalue weighted by Gasteiger charge is 2.09. The van der Waals surface area contributed by atoms with Crippen LogP contribution in [0.3, 0.4) is 0 Å². The third-order valence-corrected chi connectivity index (χ3v) is 3.82. The standard InChI is InChI=1S/C13H20ClNOS/c1-10(2)17-13-11(5-4-6-12(13)14)9-15-7-8-16-3/h4-6,10,15H,7-9H2,1-3H3. The van der Waals surface area contributed by atoms with Crippen LogP contribution in [0, 0.1) is 0 Å². The monoisotopic (exact) mass is 273 g/mol. The fourth-order valence-electron chi connectivity index (χ4n) is 1.46. The molecule has 0 atom stereocenters. The highest BCUT2D eigenvalue weighted by molar-refractivity contribution is 8.00. The molecule has 0 radical (unpaired) electrons. The Bertz CT molecular complexity index is 344. The Morgan fingerprint density at radius 1 is 1.41 bits per heavy atom. The van der Waals surface area contributed by atoms with E-state index in [4.69, 9.17) is 16.3 Å². The zero-order valence-corrected chi connectivity index (χ0v) is 12.2. The molecule has 1 aromatic carbocycles. The molecule has 0 fully saturated rings. The molecule has 0 unspecified atom stereocenters. The van der Waals surface area contributed by atoms with E-state index in [2.05, 4.69) is 25.2 Å². The minimum Gasteiger partial charge on any atom is -0.383 e. The van der Waals surface area contributed by atoms with Crippen LogP contribution in [0.1, 0.15) is 19.4 Å². The number of rotatable bonds is 7. The van der Waals surface area contributed by atoms with Gasteiger partial charge < -0.3 is 10.1 Å². The van der Waals surface area contributed by atoms with Gasteiger partial charge in [0.2, 0.25) is 0 Å². The number of methoxy groups -OCH3 is 1. The molecular formula is C13H20ClNOS.